The van der Waals surface area contributed by atoms with E-state index >= 15 is 0 Å². The van der Waals surface area contributed by atoms with Crippen molar-refractivity contribution in [2.24, 2.45) is 5.92 Å². The standard InChI is InChI=1S/C26H30N2O5/c1-2-17(14-24(29)30)27-25(31)23(13-16-11-12-16)28-26(32)33-15-22-20-9-5-3-7-18(20)19-8-4-6-10-21(19)22/h3-10,16-17,22-23H,2,11-15H2,1H3,(H,27,31)(H,28,32)(H,29,30)/t17-,23?/m0/s1. The van der Waals surface area contributed by atoms with E-state index < -0.39 is 24.1 Å². The van der Waals surface area contributed by atoms with Gasteiger partial charge in [-0.1, -0.05) is 68.3 Å². The van der Waals surface area contributed by atoms with E-state index in [1.807, 2.05) is 31.2 Å². The molecule has 2 atom stereocenters. The number of carbonyl (C=O) groups excluding carboxylic acids is 2. The summed E-state index contributed by atoms with van der Waals surface area (Å²) in [5.74, 6) is -0.984. The maximum atomic E-state index is 12.8. The Kier molecular flexibility index (Phi) is 6.96. The predicted molar refractivity (Wildman–Crippen MR) is 124 cm³/mol. The van der Waals surface area contributed by atoms with Crippen molar-refractivity contribution in [2.75, 3.05) is 6.61 Å². The number of alkyl carbamates (subject to hydrolysis) is 1. The first-order valence-corrected chi connectivity index (χ1v) is 11.6. The monoisotopic (exact) mass is 450 g/mol. The molecule has 2 aromatic rings. The molecule has 2 aromatic carbocycles. The topological polar surface area (TPSA) is 105 Å². The number of nitrogens with one attached hydrogen (secondary N) is 2. The van der Waals surface area contributed by atoms with Crippen molar-refractivity contribution >= 4 is 18.0 Å². The van der Waals surface area contributed by atoms with Crippen LogP contribution < -0.4 is 10.6 Å². The van der Waals surface area contributed by atoms with Gasteiger partial charge in [0.05, 0.1) is 6.42 Å². The van der Waals surface area contributed by atoms with Crippen LogP contribution in [0.25, 0.3) is 11.1 Å². The number of benzene rings is 2. The number of hydrogen-bond acceptors (Lipinski definition) is 4. The second-order valence-corrected chi connectivity index (χ2v) is 8.91. The number of carbonyl (C=O) groups is 3. The van der Waals surface area contributed by atoms with Crippen molar-refractivity contribution in [1.82, 2.24) is 10.6 Å². The molecule has 4 rings (SSSR count). The summed E-state index contributed by atoms with van der Waals surface area (Å²) in [4.78, 5) is 36.5. The molecule has 0 spiro atoms. The first-order valence-electron chi connectivity index (χ1n) is 11.6. The quantitative estimate of drug-likeness (QED) is 0.506. The molecule has 0 aliphatic heterocycles. The van der Waals surface area contributed by atoms with Gasteiger partial charge in [-0.25, -0.2) is 4.79 Å². The summed E-state index contributed by atoms with van der Waals surface area (Å²) in [6, 6.07) is 15.0. The summed E-state index contributed by atoms with van der Waals surface area (Å²) in [7, 11) is 0. The van der Waals surface area contributed by atoms with Crippen LogP contribution in [0, 0.1) is 5.92 Å². The highest BCUT2D eigenvalue weighted by atomic mass is 16.5. The molecule has 1 fully saturated rings. The third-order valence-corrected chi connectivity index (χ3v) is 6.48. The Morgan fingerprint density at radius 1 is 1.00 bits per heavy atom. The van der Waals surface area contributed by atoms with Gasteiger partial charge in [-0.05, 0) is 41.0 Å². The van der Waals surface area contributed by atoms with Crippen LogP contribution in [0.15, 0.2) is 48.5 Å². The minimum absolute atomic E-state index is 0.0566. The van der Waals surface area contributed by atoms with Crippen molar-refractivity contribution < 1.29 is 24.2 Å². The minimum atomic E-state index is -0.967. The van der Waals surface area contributed by atoms with E-state index in [2.05, 4.69) is 34.9 Å². The number of fused-ring (bicyclic) bond motifs is 3. The van der Waals surface area contributed by atoms with Crippen molar-refractivity contribution in [3.05, 3.63) is 59.7 Å². The summed E-state index contributed by atoms with van der Waals surface area (Å²) in [5, 5.41) is 14.5. The zero-order valence-corrected chi connectivity index (χ0v) is 18.8. The first kappa shape index (κ1) is 22.8. The highest BCUT2D eigenvalue weighted by molar-refractivity contribution is 5.86. The van der Waals surface area contributed by atoms with Crippen LogP contribution in [0.3, 0.4) is 0 Å². The Labute approximate surface area is 193 Å². The van der Waals surface area contributed by atoms with Gasteiger partial charge < -0.3 is 20.5 Å². The van der Waals surface area contributed by atoms with E-state index in [1.165, 1.54) is 0 Å². The van der Waals surface area contributed by atoms with Crippen LogP contribution in [0.4, 0.5) is 4.79 Å². The summed E-state index contributed by atoms with van der Waals surface area (Å²) >= 11 is 0. The Hall–Kier alpha value is -3.35. The molecular formula is C26H30N2O5. The number of hydrogen-bond donors (Lipinski definition) is 3. The van der Waals surface area contributed by atoms with E-state index in [0.717, 1.165) is 35.1 Å². The van der Waals surface area contributed by atoms with E-state index in [9.17, 15) is 14.4 Å². The third kappa shape index (κ3) is 5.53. The molecular weight excluding hydrogens is 420 g/mol. The molecule has 7 heteroatoms. The molecule has 0 bridgehead atoms. The molecule has 2 aliphatic carbocycles. The smallest absolute Gasteiger partial charge is 0.407 e. The summed E-state index contributed by atoms with van der Waals surface area (Å²) in [6.45, 7) is 2.00. The van der Waals surface area contributed by atoms with Crippen molar-refractivity contribution in [3.8, 4) is 11.1 Å². The van der Waals surface area contributed by atoms with Gasteiger partial charge in [0, 0.05) is 12.0 Å². The fourth-order valence-corrected chi connectivity index (χ4v) is 4.51. The lowest BCUT2D eigenvalue weighted by molar-refractivity contribution is -0.137. The maximum absolute atomic E-state index is 12.8. The first-order chi connectivity index (χ1) is 16.0. The van der Waals surface area contributed by atoms with Crippen LogP contribution in [0.1, 0.15) is 56.1 Å². The molecule has 2 amide bonds. The molecule has 1 saturated carbocycles. The molecule has 0 saturated heterocycles. The molecule has 174 valence electrons. The van der Waals surface area contributed by atoms with Crippen molar-refractivity contribution in [2.45, 2.75) is 57.0 Å². The average molecular weight is 451 g/mol. The summed E-state index contributed by atoms with van der Waals surface area (Å²) in [5.41, 5.74) is 4.55. The van der Waals surface area contributed by atoms with Gasteiger partial charge in [-0.15, -0.1) is 0 Å². The molecule has 33 heavy (non-hydrogen) atoms. The van der Waals surface area contributed by atoms with Crippen LogP contribution in [0.2, 0.25) is 0 Å². The lowest BCUT2D eigenvalue weighted by atomic mass is 9.98. The number of carboxylic acids is 1. The SMILES string of the molecule is CC[C@@H](CC(=O)O)NC(=O)C(CC1CC1)NC(=O)OCC1c2ccccc2-c2ccccc21. The fourth-order valence-electron chi connectivity index (χ4n) is 4.51. The van der Waals surface area contributed by atoms with Crippen LogP contribution in [0.5, 0.6) is 0 Å². The van der Waals surface area contributed by atoms with E-state index in [-0.39, 0.29) is 24.9 Å². The number of carboxylic acid groups (broad SMARTS) is 1. The van der Waals surface area contributed by atoms with E-state index in [1.54, 1.807) is 0 Å². The highest BCUT2D eigenvalue weighted by Gasteiger charge is 2.33. The molecule has 2 aliphatic rings. The van der Waals surface area contributed by atoms with Gasteiger partial charge in [0.15, 0.2) is 0 Å². The molecule has 1 unspecified atom stereocenters. The minimum Gasteiger partial charge on any atom is -0.481 e. The van der Waals surface area contributed by atoms with Crippen LogP contribution >= 0.6 is 0 Å². The highest BCUT2D eigenvalue weighted by Crippen LogP contribution is 2.44. The van der Waals surface area contributed by atoms with Crippen LogP contribution in [-0.4, -0.2) is 41.8 Å². The summed E-state index contributed by atoms with van der Waals surface area (Å²) < 4.78 is 5.59. The Morgan fingerprint density at radius 3 is 2.15 bits per heavy atom. The molecule has 0 heterocycles. The normalized spacial score (nSPS) is 16.3. The van der Waals surface area contributed by atoms with Gasteiger partial charge in [0.2, 0.25) is 5.91 Å². The summed E-state index contributed by atoms with van der Waals surface area (Å²) in [6.07, 6.45) is 2.30. The van der Waals surface area contributed by atoms with Gasteiger partial charge in [0.25, 0.3) is 0 Å². The number of amides is 2. The number of aliphatic carboxylic acids is 1. The molecule has 7 nitrogen and oxygen atoms in total. The van der Waals surface area contributed by atoms with E-state index in [4.69, 9.17) is 9.84 Å². The number of rotatable bonds is 10. The second kappa shape index (κ2) is 10.1. The van der Waals surface area contributed by atoms with Gasteiger partial charge in [0.1, 0.15) is 12.6 Å². The van der Waals surface area contributed by atoms with E-state index in [0.29, 0.717) is 18.8 Å². The second-order valence-electron chi connectivity index (χ2n) is 8.91. The van der Waals surface area contributed by atoms with Crippen molar-refractivity contribution in [1.29, 1.82) is 0 Å². The predicted octanol–water partition coefficient (Wildman–Crippen LogP) is 4.06. The lowest BCUT2D eigenvalue weighted by Crippen LogP contribution is -2.50. The average Bonchev–Trinajstić information content (AvgIpc) is 3.57. The Balaban J connectivity index is 1.39. The lowest BCUT2D eigenvalue weighted by Gasteiger charge is -2.22. The Morgan fingerprint density at radius 2 is 1.61 bits per heavy atom. The molecule has 0 aromatic heterocycles. The van der Waals surface area contributed by atoms with Crippen LogP contribution in [-0.2, 0) is 14.3 Å². The molecule has 3 N–H and O–H groups in total. The van der Waals surface area contributed by atoms with Crippen molar-refractivity contribution in [3.63, 3.8) is 0 Å². The zero-order valence-electron chi connectivity index (χ0n) is 18.8. The van der Waals surface area contributed by atoms with Gasteiger partial charge in [-0.3, -0.25) is 9.59 Å². The molecule has 0 radical (unpaired) electrons. The fraction of sp³-hybridized carbons (Fsp3) is 0.423. The third-order valence-electron chi connectivity index (χ3n) is 6.48. The van der Waals surface area contributed by atoms with Gasteiger partial charge >= 0.3 is 12.1 Å². The zero-order chi connectivity index (χ0) is 23.4. The number of ether oxygens (including phenoxy) is 1. The maximum Gasteiger partial charge on any atom is 0.407 e. The largest absolute Gasteiger partial charge is 0.481 e. The Bertz CT molecular complexity index is 987. The van der Waals surface area contributed by atoms with Gasteiger partial charge in [-0.2, -0.15) is 0 Å².